The molecule has 0 saturated heterocycles. The summed E-state index contributed by atoms with van der Waals surface area (Å²) in [4.78, 5) is 12.3. The minimum atomic E-state index is -0.583. The number of benzene rings is 1. The minimum absolute atomic E-state index is 0.0764. The van der Waals surface area contributed by atoms with E-state index in [2.05, 4.69) is 0 Å². The number of hydrogen-bond donors (Lipinski definition) is 0. The van der Waals surface area contributed by atoms with Crippen molar-refractivity contribution in [2.45, 2.75) is 39.2 Å². The fourth-order valence-corrected chi connectivity index (χ4v) is 2.01. The van der Waals surface area contributed by atoms with Crippen LogP contribution in [0.5, 0.6) is 11.5 Å². The lowest BCUT2D eigenvalue weighted by atomic mass is 10.0. The van der Waals surface area contributed by atoms with Crippen LogP contribution in [-0.4, -0.2) is 26.6 Å². The highest BCUT2D eigenvalue weighted by atomic mass is 16.5. The number of ketones is 1. The maximum absolute atomic E-state index is 12.3. The van der Waals surface area contributed by atoms with Crippen LogP contribution in [0.4, 0.5) is 0 Å². The second-order valence-corrected chi connectivity index (χ2v) is 4.58. The van der Waals surface area contributed by atoms with E-state index in [1.54, 1.807) is 20.3 Å². The number of methoxy groups -OCH3 is 2. The van der Waals surface area contributed by atoms with Crippen molar-refractivity contribution in [3.63, 3.8) is 0 Å². The second-order valence-electron chi connectivity index (χ2n) is 4.58. The van der Waals surface area contributed by atoms with Crippen molar-refractivity contribution >= 4 is 5.78 Å². The number of carbonyl (C=O) groups excluding carboxylic acids is 1. The molecule has 4 heteroatoms. The molecule has 0 fully saturated rings. The lowest BCUT2D eigenvalue weighted by Crippen LogP contribution is -2.17. The Balaban J connectivity index is 3.12. The summed E-state index contributed by atoms with van der Waals surface area (Å²) in [5.74, 6) is 1.42. The summed E-state index contributed by atoms with van der Waals surface area (Å²) in [6.45, 7) is 4.54. The van der Waals surface area contributed by atoms with E-state index in [-0.39, 0.29) is 5.78 Å². The lowest BCUT2D eigenvalue weighted by Gasteiger charge is -2.20. The van der Waals surface area contributed by atoms with E-state index in [0.717, 1.165) is 18.4 Å². The van der Waals surface area contributed by atoms with Gasteiger partial charge in [0.15, 0.2) is 5.78 Å². The molecule has 0 aromatic heterocycles. The van der Waals surface area contributed by atoms with Crippen LogP contribution in [-0.2, 0) is 9.53 Å². The maximum atomic E-state index is 12.3. The van der Waals surface area contributed by atoms with Crippen molar-refractivity contribution in [2.24, 2.45) is 0 Å². The summed E-state index contributed by atoms with van der Waals surface area (Å²) in [5, 5.41) is 0. The average Bonchev–Trinajstić information content (AvgIpc) is 2.47. The largest absolute Gasteiger partial charge is 0.497 e. The van der Waals surface area contributed by atoms with Gasteiger partial charge in [0, 0.05) is 18.6 Å². The first-order valence-electron chi connectivity index (χ1n) is 7.04. The predicted molar refractivity (Wildman–Crippen MR) is 78.4 cm³/mol. The van der Waals surface area contributed by atoms with Crippen molar-refractivity contribution in [2.75, 3.05) is 20.8 Å². The topological polar surface area (TPSA) is 44.8 Å². The van der Waals surface area contributed by atoms with E-state index in [4.69, 9.17) is 14.2 Å². The Kier molecular flexibility index (Phi) is 7.09. The van der Waals surface area contributed by atoms with Gasteiger partial charge in [-0.05, 0) is 31.0 Å². The lowest BCUT2D eigenvalue weighted by molar-refractivity contribution is -0.131. The molecular weight excluding hydrogens is 256 g/mol. The van der Waals surface area contributed by atoms with Gasteiger partial charge < -0.3 is 14.2 Å². The molecule has 0 heterocycles. The Morgan fingerprint density at radius 3 is 2.45 bits per heavy atom. The normalized spacial score (nSPS) is 12.0. The molecule has 1 atom stereocenters. The van der Waals surface area contributed by atoms with Crippen LogP contribution in [0, 0.1) is 0 Å². The van der Waals surface area contributed by atoms with Gasteiger partial charge >= 0.3 is 0 Å². The van der Waals surface area contributed by atoms with Crippen LogP contribution in [0.25, 0.3) is 0 Å². The fourth-order valence-electron chi connectivity index (χ4n) is 2.01. The average molecular weight is 280 g/mol. The second kappa shape index (κ2) is 8.59. The first kappa shape index (κ1) is 16.5. The third-order valence-electron chi connectivity index (χ3n) is 3.00. The highest BCUT2D eigenvalue weighted by Gasteiger charge is 2.24. The number of ether oxygens (including phenoxy) is 3. The van der Waals surface area contributed by atoms with E-state index in [0.29, 0.717) is 24.5 Å². The highest BCUT2D eigenvalue weighted by Crippen LogP contribution is 2.32. The van der Waals surface area contributed by atoms with E-state index < -0.39 is 6.10 Å². The van der Waals surface area contributed by atoms with Crippen LogP contribution in [0.1, 0.15) is 44.8 Å². The molecule has 1 unspecified atom stereocenters. The molecular formula is C16H24O4. The van der Waals surface area contributed by atoms with Crippen LogP contribution in [0.3, 0.4) is 0 Å². The smallest absolute Gasteiger partial charge is 0.166 e. The Hall–Kier alpha value is -1.55. The molecule has 20 heavy (non-hydrogen) atoms. The highest BCUT2D eigenvalue weighted by molar-refractivity contribution is 5.85. The van der Waals surface area contributed by atoms with Crippen molar-refractivity contribution in [3.05, 3.63) is 23.8 Å². The SMILES string of the molecule is CCCOC(C(=O)CCC)c1cc(OC)ccc1OC. The van der Waals surface area contributed by atoms with E-state index in [1.165, 1.54) is 0 Å². The molecule has 0 bridgehead atoms. The standard InChI is InChI=1S/C16H24O4/c1-5-7-14(17)16(20-10-6-2)13-11-12(18-3)8-9-15(13)19-4/h8-9,11,16H,5-7,10H2,1-4H3. The summed E-state index contributed by atoms with van der Waals surface area (Å²) in [5.41, 5.74) is 0.735. The van der Waals surface area contributed by atoms with Gasteiger partial charge in [-0.25, -0.2) is 0 Å². The van der Waals surface area contributed by atoms with Crippen LogP contribution in [0.2, 0.25) is 0 Å². The number of hydrogen-bond acceptors (Lipinski definition) is 4. The molecule has 0 saturated carbocycles. The van der Waals surface area contributed by atoms with Gasteiger partial charge in [0.2, 0.25) is 0 Å². The molecule has 1 rings (SSSR count). The van der Waals surface area contributed by atoms with Crippen LogP contribution >= 0.6 is 0 Å². The van der Waals surface area contributed by atoms with Gasteiger partial charge in [0.05, 0.1) is 14.2 Å². The zero-order chi connectivity index (χ0) is 15.0. The van der Waals surface area contributed by atoms with Gasteiger partial charge in [-0.15, -0.1) is 0 Å². The first-order chi connectivity index (χ1) is 9.67. The van der Waals surface area contributed by atoms with Crippen LogP contribution in [0.15, 0.2) is 18.2 Å². The van der Waals surface area contributed by atoms with Gasteiger partial charge in [-0.3, -0.25) is 4.79 Å². The summed E-state index contributed by atoms with van der Waals surface area (Å²) >= 11 is 0. The summed E-state index contributed by atoms with van der Waals surface area (Å²) in [6, 6.07) is 5.42. The molecule has 0 amide bonds. The number of rotatable bonds is 9. The Morgan fingerprint density at radius 2 is 1.90 bits per heavy atom. The predicted octanol–water partition coefficient (Wildman–Crippen LogP) is 3.54. The van der Waals surface area contributed by atoms with Crippen molar-refractivity contribution in [1.29, 1.82) is 0 Å². The molecule has 0 N–H and O–H groups in total. The molecule has 0 aliphatic heterocycles. The van der Waals surface area contributed by atoms with Gasteiger partial charge in [0.25, 0.3) is 0 Å². The Morgan fingerprint density at radius 1 is 1.15 bits per heavy atom. The molecule has 1 aromatic carbocycles. The molecule has 0 aliphatic carbocycles. The van der Waals surface area contributed by atoms with Crippen molar-refractivity contribution in [3.8, 4) is 11.5 Å². The minimum Gasteiger partial charge on any atom is -0.497 e. The Labute approximate surface area is 121 Å². The van der Waals surface area contributed by atoms with Crippen molar-refractivity contribution in [1.82, 2.24) is 0 Å². The number of carbonyl (C=O) groups is 1. The molecule has 0 radical (unpaired) electrons. The zero-order valence-corrected chi connectivity index (χ0v) is 12.8. The van der Waals surface area contributed by atoms with E-state index in [1.807, 2.05) is 26.0 Å². The van der Waals surface area contributed by atoms with Crippen molar-refractivity contribution < 1.29 is 19.0 Å². The maximum Gasteiger partial charge on any atom is 0.166 e. The molecule has 112 valence electrons. The van der Waals surface area contributed by atoms with Gasteiger partial charge in [-0.2, -0.15) is 0 Å². The first-order valence-corrected chi connectivity index (χ1v) is 7.04. The van der Waals surface area contributed by atoms with Crippen LogP contribution < -0.4 is 9.47 Å². The third kappa shape index (κ3) is 4.23. The zero-order valence-electron chi connectivity index (χ0n) is 12.8. The molecule has 0 spiro atoms. The number of Topliss-reactive ketones (excluding diaryl/α,β-unsaturated/α-hetero) is 1. The Bertz CT molecular complexity index is 428. The monoisotopic (exact) mass is 280 g/mol. The summed E-state index contributed by atoms with van der Waals surface area (Å²) in [7, 11) is 3.19. The summed E-state index contributed by atoms with van der Waals surface area (Å²) in [6.07, 6.45) is 1.58. The quantitative estimate of drug-likeness (QED) is 0.694. The molecule has 0 aliphatic rings. The van der Waals surface area contributed by atoms with Gasteiger partial charge in [0.1, 0.15) is 17.6 Å². The molecule has 1 aromatic rings. The molecule has 4 nitrogen and oxygen atoms in total. The third-order valence-corrected chi connectivity index (χ3v) is 3.00. The van der Waals surface area contributed by atoms with Gasteiger partial charge in [-0.1, -0.05) is 13.8 Å². The summed E-state index contributed by atoms with van der Waals surface area (Å²) < 4.78 is 16.3. The van der Waals surface area contributed by atoms with E-state index in [9.17, 15) is 4.79 Å². The fraction of sp³-hybridized carbons (Fsp3) is 0.562. The van der Waals surface area contributed by atoms with E-state index >= 15 is 0 Å².